The van der Waals surface area contributed by atoms with Gasteiger partial charge in [0.25, 0.3) is 5.91 Å². The zero-order chi connectivity index (χ0) is 21.6. The molecule has 0 atom stereocenters. The van der Waals surface area contributed by atoms with Crippen LogP contribution in [0.15, 0.2) is 48.5 Å². The van der Waals surface area contributed by atoms with E-state index < -0.39 is 12.8 Å². The molecule has 1 amide bonds. The number of hydrogen-bond acceptors (Lipinski definition) is 4. The van der Waals surface area contributed by atoms with E-state index in [1.54, 1.807) is 41.3 Å². The number of carbonyl (C=O) groups is 1. The number of ether oxygens (including phenoxy) is 1. The van der Waals surface area contributed by atoms with Crippen LogP contribution in [-0.4, -0.2) is 54.7 Å². The maximum Gasteiger partial charge on any atom is 0.411 e. The molecule has 0 radical (unpaired) electrons. The Hall–Kier alpha value is -2.89. The molecule has 30 heavy (non-hydrogen) atoms. The molecule has 1 saturated heterocycles. The summed E-state index contributed by atoms with van der Waals surface area (Å²) < 4.78 is 41.0. The van der Waals surface area contributed by atoms with Crippen molar-refractivity contribution in [1.82, 2.24) is 9.80 Å². The summed E-state index contributed by atoms with van der Waals surface area (Å²) in [5.41, 5.74) is 2.85. The van der Waals surface area contributed by atoms with E-state index in [1.165, 1.54) is 0 Å². The number of hydrogen-bond donors (Lipinski definition) is 0. The third kappa shape index (κ3) is 6.31. The van der Waals surface area contributed by atoms with E-state index in [1.807, 2.05) is 12.1 Å². The lowest BCUT2D eigenvalue weighted by Crippen LogP contribution is -2.48. The molecule has 2 aromatic rings. The van der Waals surface area contributed by atoms with Crippen LogP contribution in [0.1, 0.15) is 27.0 Å². The second kappa shape index (κ2) is 9.74. The van der Waals surface area contributed by atoms with Crippen molar-refractivity contribution in [3.05, 3.63) is 70.8 Å². The number of nitriles is 1. The lowest BCUT2D eigenvalue weighted by atomic mass is 10.1. The highest BCUT2D eigenvalue weighted by atomic mass is 19.4. The maximum atomic E-state index is 12.7. The smallest absolute Gasteiger partial charge is 0.367 e. The molecule has 0 spiro atoms. The van der Waals surface area contributed by atoms with Crippen molar-refractivity contribution < 1.29 is 22.7 Å². The Balaban J connectivity index is 1.47. The van der Waals surface area contributed by atoms with Crippen molar-refractivity contribution >= 4 is 5.91 Å². The number of alkyl halides is 3. The fourth-order valence-corrected chi connectivity index (χ4v) is 3.26. The quantitative estimate of drug-likeness (QED) is 0.721. The maximum absolute atomic E-state index is 12.7. The molecule has 8 heteroatoms. The van der Waals surface area contributed by atoms with E-state index >= 15 is 0 Å². The van der Waals surface area contributed by atoms with Gasteiger partial charge in [-0.25, -0.2) is 0 Å². The van der Waals surface area contributed by atoms with Gasteiger partial charge in [0.15, 0.2) is 0 Å². The molecule has 0 saturated carbocycles. The molecule has 3 rings (SSSR count). The average molecular weight is 417 g/mol. The predicted octanol–water partition coefficient (Wildman–Crippen LogP) is 3.60. The van der Waals surface area contributed by atoms with Gasteiger partial charge in [0.1, 0.15) is 6.61 Å². The Morgan fingerprint density at radius 3 is 2.13 bits per heavy atom. The number of rotatable bonds is 6. The Labute approximate surface area is 173 Å². The van der Waals surface area contributed by atoms with Gasteiger partial charge in [-0.1, -0.05) is 24.3 Å². The van der Waals surface area contributed by atoms with Gasteiger partial charge in [0.2, 0.25) is 0 Å². The monoisotopic (exact) mass is 417 g/mol. The second-order valence-corrected chi connectivity index (χ2v) is 7.18. The van der Waals surface area contributed by atoms with Crippen LogP contribution in [0.4, 0.5) is 13.2 Å². The van der Waals surface area contributed by atoms with Gasteiger partial charge < -0.3 is 9.64 Å². The predicted molar refractivity (Wildman–Crippen MR) is 104 cm³/mol. The van der Waals surface area contributed by atoms with Crippen LogP contribution in [0.25, 0.3) is 0 Å². The van der Waals surface area contributed by atoms with Crippen LogP contribution in [0.2, 0.25) is 0 Å². The third-order valence-electron chi connectivity index (χ3n) is 4.88. The van der Waals surface area contributed by atoms with E-state index in [2.05, 4.69) is 15.7 Å². The number of piperazine rings is 1. The minimum Gasteiger partial charge on any atom is -0.367 e. The minimum absolute atomic E-state index is 0.0872. The lowest BCUT2D eigenvalue weighted by molar-refractivity contribution is -0.176. The molecule has 0 unspecified atom stereocenters. The van der Waals surface area contributed by atoms with Gasteiger partial charge in [0, 0.05) is 38.3 Å². The van der Waals surface area contributed by atoms with Gasteiger partial charge in [0.05, 0.1) is 18.2 Å². The number of nitrogens with zero attached hydrogens (tertiary/aromatic N) is 3. The zero-order valence-electron chi connectivity index (χ0n) is 16.4. The summed E-state index contributed by atoms with van der Waals surface area (Å²) in [6.45, 7) is 2.02. The van der Waals surface area contributed by atoms with Gasteiger partial charge in [-0.3, -0.25) is 9.69 Å². The summed E-state index contributed by atoms with van der Waals surface area (Å²) in [4.78, 5) is 16.7. The Morgan fingerprint density at radius 1 is 0.967 bits per heavy atom. The summed E-state index contributed by atoms with van der Waals surface area (Å²) in [6.07, 6.45) is -4.35. The van der Waals surface area contributed by atoms with E-state index in [0.29, 0.717) is 29.8 Å². The second-order valence-electron chi connectivity index (χ2n) is 7.18. The lowest BCUT2D eigenvalue weighted by Gasteiger charge is -2.34. The van der Waals surface area contributed by atoms with Gasteiger partial charge >= 0.3 is 6.18 Å². The SMILES string of the molecule is N#Cc1ccc(CN2CCN(C(=O)c3ccc(COCC(F)(F)F)cc3)CC2)cc1. The van der Waals surface area contributed by atoms with E-state index in [0.717, 1.165) is 25.2 Å². The molecule has 158 valence electrons. The Morgan fingerprint density at radius 2 is 1.57 bits per heavy atom. The van der Waals surface area contributed by atoms with Crippen molar-refractivity contribution in [2.24, 2.45) is 0 Å². The number of carbonyl (C=O) groups excluding carboxylic acids is 1. The van der Waals surface area contributed by atoms with Crippen LogP contribution in [0.3, 0.4) is 0 Å². The highest BCUT2D eigenvalue weighted by Crippen LogP contribution is 2.17. The van der Waals surface area contributed by atoms with E-state index in [-0.39, 0.29) is 12.5 Å². The fraction of sp³-hybridized carbons (Fsp3) is 0.364. The van der Waals surface area contributed by atoms with Crippen LogP contribution in [-0.2, 0) is 17.9 Å². The highest BCUT2D eigenvalue weighted by Gasteiger charge is 2.27. The van der Waals surface area contributed by atoms with Crippen molar-refractivity contribution in [2.45, 2.75) is 19.3 Å². The van der Waals surface area contributed by atoms with Gasteiger partial charge in [-0.2, -0.15) is 18.4 Å². The van der Waals surface area contributed by atoms with E-state index in [4.69, 9.17) is 5.26 Å². The first-order chi connectivity index (χ1) is 14.3. The van der Waals surface area contributed by atoms with Crippen molar-refractivity contribution in [3.8, 4) is 6.07 Å². The molecule has 2 aromatic carbocycles. The minimum atomic E-state index is -4.35. The number of benzene rings is 2. The number of halogens is 3. The molecule has 1 heterocycles. The highest BCUT2D eigenvalue weighted by molar-refractivity contribution is 5.94. The molecule has 0 aliphatic carbocycles. The van der Waals surface area contributed by atoms with Crippen LogP contribution < -0.4 is 0 Å². The first kappa shape index (κ1) is 21.8. The van der Waals surface area contributed by atoms with Gasteiger partial charge in [-0.15, -0.1) is 0 Å². The van der Waals surface area contributed by atoms with Crippen molar-refractivity contribution in [3.63, 3.8) is 0 Å². The summed E-state index contributed by atoms with van der Waals surface area (Å²) >= 11 is 0. The first-order valence-corrected chi connectivity index (χ1v) is 9.58. The molecule has 1 fully saturated rings. The zero-order valence-corrected chi connectivity index (χ0v) is 16.4. The van der Waals surface area contributed by atoms with Crippen molar-refractivity contribution in [1.29, 1.82) is 5.26 Å². The molecule has 0 bridgehead atoms. The summed E-state index contributed by atoms with van der Waals surface area (Å²) in [7, 11) is 0. The third-order valence-corrected chi connectivity index (χ3v) is 4.88. The summed E-state index contributed by atoms with van der Waals surface area (Å²) in [6, 6.07) is 16.1. The molecule has 1 aliphatic heterocycles. The normalized spacial score (nSPS) is 15.1. The molecular formula is C22H22F3N3O2. The van der Waals surface area contributed by atoms with Crippen LogP contribution in [0, 0.1) is 11.3 Å². The average Bonchev–Trinajstić information content (AvgIpc) is 2.74. The standard InChI is InChI=1S/C22H22F3N3O2/c23-22(24,25)16-30-15-19-5-7-20(8-6-19)21(29)28-11-9-27(10-12-28)14-18-3-1-17(13-26)2-4-18/h1-8H,9-12,14-16H2. The molecule has 1 aliphatic rings. The van der Waals surface area contributed by atoms with E-state index in [9.17, 15) is 18.0 Å². The van der Waals surface area contributed by atoms with Crippen LogP contribution >= 0.6 is 0 Å². The summed E-state index contributed by atoms with van der Waals surface area (Å²) in [5.74, 6) is -0.0872. The topological polar surface area (TPSA) is 56.6 Å². The summed E-state index contributed by atoms with van der Waals surface area (Å²) in [5, 5.41) is 8.86. The fourth-order valence-electron chi connectivity index (χ4n) is 3.26. The van der Waals surface area contributed by atoms with Crippen LogP contribution in [0.5, 0.6) is 0 Å². The number of amides is 1. The molecule has 0 N–H and O–H groups in total. The molecule has 5 nitrogen and oxygen atoms in total. The molecular weight excluding hydrogens is 395 g/mol. The Bertz CT molecular complexity index is 882. The van der Waals surface area contributed by atoms with Crippen molar-refractivity contribution in [2.75, 3.05) is 32.8 Å². The Kier molecular flexibility index (Phi) is 7.08. The molecule has 0 aromatic heterocycles. The first-order valence-electron chi connectivity index (χ1n) is 9.58. The largest absolute Gasteiger partial charge is 0.411 e. The van der Waals surface area contributed by atoms with Gasteiger partial charge in [-0.05, 0) is 35.4 Å².